The lowest BCUT2D eigenvalue weighted by Crippen LogP contribution is -2.36. The first-order valence-electron chi connectivity index (χ1n) is 6.30. The summed E-state index contributed by atoms with van der Waals surface area (Å²) < 4.78 is 0. The van der Waals surface area contributed by atoms with Gasteiger partial charge in [-0.3, -0.25) is 0 Å². The quantitative estimate of drug-likeness (QED) is 0.759. The number of nitrogens with one attached hydrogen (secondary N) is 2. The Morgan fingerprint density at radius 2 is 1.82 bits per heavy atom. The molecule has 1 aromatic carbocycles. The Labute approximate surface area is 110 Å². The zero-order valence-electron chi connectivity index (χ0n) is 10.7. The molecule has 0 saturated carbocycles. The normalized spacial score (nSPS) is 11.9. The van der Waals surface area contributed by atoms with Crippen LogP contribution in [0.25, 0.3) is 0 Å². The molecule has 0 aliphatic carbocycles. The van der Waals surface area contributed by atoms with Crippen LogP contribution in [0.4, 0.5) is 0 Å². The average molecular weight is 250 g/mol. The van der Waals surface area contributed by atoms with E-state index in [1.54, 1.807) is 0 Å². The van der Waals surface area contributed by atoms with Crippen LogP contribution in [0.15, 0.2) is 30.3 Å². The monoisotopic (exact) mass is 250 g/mol. The summed E-state index contributed by atoms with van der Waals surface area (Å²) >= 11 is 5.17. The third-order valence-electron chi connectivity index (χ3n) is 2.77. The van der Waals surface area contributed by atoms with Crippen molar-refractivity contribution in [2.24, 2.45) is 0 Å². The maximum absolute atomic E-state index is 5.17. The summed E-state index contributed by atoms with van der Waals surface area (Å²) in [6, 6.07) is 10.6. The summed E-state index contributed by atoms with van der Waals surface area (Å²) in [5.41, 5.74) is 1.39. The molecule has 0 aliphatic rings. The zero-order chi connectivity index (χ0) is 12.5. The SMILES string of the molecule is CCCNC(=S)NCCC(C)c1ccccc1. The van der Waals surface area contributed by atoms with Gasteiger partial charge in [0.1, 0.15) is 0 Å². The summed E-state index contributed by atoms with van der Waals surface area (Å²) in [4.78, 5) is 0. The molecule has 1 atom stereocenters. The van der Waals surface area contributed by atoms with E-state index in [0.29, 0.717) is 5.92 Å². The largest absolute Gasteiger partial charge is 0.363 e. The zero-order valence-corrected chi connectivity index (χ0v) is 11.5. The van der Waals surface area contributed by atoms with Crippen molar-refractivity contribution < 1.29 is 0 Å². The van der Waals surface area contributed by atoms with Crippen molar-refractivity contribution in [2.45, 2.75) is 32.6 Å². The third kappa shape index (κ3) is 5.68. The molecule has 0 fully saturated rings. The van der Waals surface area contributed by atoms with Crippen LogP contribution in [0.2, 0.25) is 0 Å². The lowest BCUT2D eigenvalue weighted by Gasteiger charge is -2.14. The van der Waals surface area contributed by atoms with Crippen LogP contribution in [-0.4, -0.2) is 18.2 Å². The van der Waals surface area contributed by atoms with E-state index in [-0.39, 0.29) is 0 Å². The Kier molecular flexibility index (Phi) is 6.63. The highest BCUT2D eigenvalue weighted by Crippen LogP contribution is 2.17. The maximum Gasteiger partial charge on any atom is 0.166 e. The molecule has 0 saturated heterocycles. The Hall–Kier alpha value is -1.09. The van der Waals surface area contributed by atoms with Crippen LogP contribution in [0.1, 0.15) is 38.2 Å². The fourth-order valence-electron chi connectivity index (χ4n) is 1.65. The molecule has 3 heteroatoms. The molecule has 17 heavy (non-hydrogen) atoms. The molecular formula is C14H22N2S. The lowest BCUT2D eigenvalue weighted by atomic mass is 9.98. The van der Waals surface area contributed by atoms with Gasteiger partial charge in [-0.2, -0.15) is 0 Å². The number of hydrogen-bond acceptors (Lipinski definition) is 1. The number of hydrogen-bond donors (Lipinski definition) is 2. The van der Waals surface area contributed by atoms with E-state index in [9.17, 15) is 0 Å². The first kappa shape index (κ1) is 14.0. The van der Waals surface area contributed by atoms with Crippen molar-refractivity contribution in [3.63, 3.8) is 0 Å². The molecule has 0 aromatic heterocycles. The van der Waals surface area contributed by atoms with Gasteiger partial charge in [0.15, 0.2) is 5.11 Å². The molecular weight excluding hydrogens is 228 g/mol. The highest BCUT2D eigenvalue weighted by Gasteiger charge is 2.04. The van der Waals surface area contributed by atoms with E-state index in [0.717, 1.165) is 31.0 Å². The highest BCUT2D eigenvalue weighted by atomic mass is 32.1. The van der Waals surface area contributed by atoms with Crippen LogP contribution < -0.4 is 10.6 Å². The van der Waals surface area contributed by atoms with E-state index in [2.05, 4.69) is 54.8 Å². The van der Waals surface area contributed by atoms with Gasteiger partial charge in [0.05, 0.1) is 0 Å². The van der Waals surface area contributed by atoms with Crippen LogP contribution in [0, 0.1) is 0 Å². The Bertz CT molecular complexity index is 324. The van der Waals surface area contributed by atoms with E-state index in [1.807, 2.05) is 0 Å². The van der Waals surface area contributed by atoms with Gasteiger partial charge in [-0.05, 0) is 36.5 Å². The molecule has 2 N–H and O–H groups in total. The molecule has 2 nitrogen and oxygen atoms in total. The lowest BCUT2D eigenvalue weighted by molar-refractivity contribution is 0.655. The molecule has 0 heterocycles. The van der Waals surface area contributed by atoms with Gasteiger partial charge in [-0.25, -0.2) is 0 Å². The van der Waals surface area contributed by atoms with Gasteiger partial charge < -0.3 is 10.6 Å². The van der Waals surface area contributed by atoms with Crippen molar-refractivity contribution in [3.05, 3.63) is 35.9 Å². The van der Waals surface area contributed by atoms with Gasteiger partial charge in [-0.15, -0.1) is 0 Å². The Balaban J connectivity index is 2.20. The van der Waals surface area contributed by atoms with Crippen molar-refractivity contribution in [3.8, 4) is 0 Å². The number of rotatable bonds is 6. The van der Waals surface area contributed by atoms with Crippen LogP contribution in [-0.2, 0) is 0 Å². The molecule has 0 aliphatic heterocycles. The van der Waals surface area contributed by atoms with Crippen molar-refractivity contribution in [1.82, 2.24) is 10.6 Å². The summed E-state index contributed by atoms with van der Waals surface area (Å²) in [7, 11) is 0. The minimum absolute atomic E-state index is 0.567. The first-order chi connectivity index (χ1) is 8.24. The van der Waals surface area contributed by atoms with Crippen LogP contribution in [0.3, 0.4) is 0 Å². The minimum atomic E-state index is 0.567. The molecule has 0 radical (unpaired) electrons. The second kappa shape index (κ2) is 8.07. The van der Waals surface area contributed by atoms with E-state index in [4.69, 9.17) is 12.2 Å². The molecule has 0 amide bonds. The van der Waals surface area contributed by atoms with Gasteiger partial charge in [0, 0.05) is 13.1 Å². The van der Waals surface area contributed by atoms with E-state index >= 15 is 0 Å². The van der Waals surface area contributed by atoms with Crippen molar-refractivity contribution in [2.75, 3.05) is 13.1 Å². The summed E-state index contributed by atoms with van der Waals surface area (Å²) in [5, 5.41) is 7.18. The van der Waals surface area contributed by atoms with Crippen molar-refractivity contribution in [1.29, 1.82) is 0 Å². The maximum atomic E-state index is 5.17. The number of benzene rings is 1. The van der Waals surface area contributed by atoms with Gasteiger partial charge >= 0.3 is 0 Å². The Morgan fingerprint density at radius 3 is 2.47 bits per heavy atom. The summed E-state index contributed by atoms with van der Waals surface area (Å²) in [6.45, 7) is 6.25. The molecule has 1 unspecified atom stereocenters. The topological polar surface area (TPSA) is 24.1 Å². The third-order valence-corrected chi connectivity index (χ3v) is 3.06. The Morgan fingerprint density at radius 1 is 1.18 bits per heavy atom. The molecule has 0 bridgehead atoms. The van der Waals surface area contributed by atoms with Crippen molar-refractivity contribution >= 4 is 17.3 Å². The molecule has 1 rings (SSSR count). The van der Waals surface area contributed by atoms with Gasteiger partial charge in [-0.1, -0.05) is 44.2 Å². The average Bonchev–Trinajstić information content (AvgIpc) is 2.37. The fourth-order valence-corrected chi connectivity index (χ4v) is 1.86. The fraction of sp³-hybridized carbons (Fsp3) is 0.500. The standard InChI is InChI=1S/C14H22N2S/c1-3-10-15-14(17)16-11-9-12(2)13-7-5-4-6-8-13/h4-8,12H,3,9-11H2,1-2H3,(H2,15,16,17). The smallest absolute Gasteiger partial charge is 0.166 e. The van der Waals surface area contributed by atoms with Crippen LogP contribution >= 0.6 is 12.2 Å². The minimum Gasteiger partial charge on any atom is -0.363 e. The molecule has 0 spiro atoms. The first-order valence-corrected chi connectivity index (χ1v) is 6.71. The highest BCUT2D eigenvalue weighted by molar-refractivity contribution is 7.80. The number of thiocarbonyl (C=S) groups is 1. The van der Waals surface area contributed by atoms with Gasteiger partial charge in [0.2, 0.25) is 0 Å². The predicted molar refractivity (Wildman–Crippen MR) is 78.4 cm³/mol. The summed E-state index contributed by atoms with van der Waals surface area (Å²) in [5.74, 6) is 0.567. The van der Waals surface area contributed by atoms with Crippen LogP contribution in [0.5, 0.6) is 0 Å². The second-order valence-electron chi connectivity index (χ2n) is 4.28. The second-order valence-corrected chi connectivity index (χ2v) is 4.69. The molecule has 94 valence electrons. The predicted octanol–water partition coefficient (Wildman–Crippen LogP) is 3.05. The molecule has 1 aromatic rings. The summed E-state index contributed by atoms with van der Waals surface area (Å²) in [6.07, 6.45) is 2.19. The van der Waals surface area contributed by atoms with Gasteiger partial charge in [0.25, 0.3) is 0 Å². The van der Waals surface area contributed by atoms with E-state index < -0.39 is 0 Å². The van der Waals surface area contributed by atoms with E-state index in [1.165, 1.54) is 5.56 Å².